The summed E-state index contributed by atoms with van der Waals surface area (Å²) in [6, 6.07) is 5.84. The van der Waals surface area contributed by atoms with Crippen molar-refractivity contribution in [3.05, 3.63) is 0 Å². The minimum absolute atomic E-state index is 0.228. The molecule has 0 amide bonds. The zero-order valence-electron chi connectivity index (χ0n) is 12.5. The van der Waals surface area contributed by atoms with E-state index in [1.54, 1.807) is 0 Å². The average Bonchev–Trinajstić information content (AvgIpc) is 2.46. The van der Waals surface area contributed by atoms with Crippen molar-refractivity contribution in [2.45, 2.75) is 57.1 Å². The quantitative estimate of drug-likeness (QED) is 0.544. The Morgan fingerprint density at radius 2 is 1.52 bits per heavy atom. The summed E-state index contributed by atoms with van der Waals surface area (Å²) in [6.45, 7) is 2.40. The molecule has 0 N–H and O–H groups in total. The molecule has 0 spiro atoms. The molecule has 0 aliphatic heterocycles. The summed E-state index contributed by atoms with van der Waals surface area (Å²) in [5.41, 5.74) is 0. The Morgan fingerprint density at radius 3 is 1.90 bits per heavy atom. The van der Waals surface area contributed by atoms with Crippen molar-refractivity contribution in [2.75, 3.05) is 13.1 Å². The molecule has 0 heterocycles. The molecule has 116 valence electrons. The number of rotatable bonds is 11. The maximum Gasteiger partial charge on any atom is 0.230 e. The lowest BCUT2D eigenvalue weighted by atomic mass is 10.2. The second-order valence-corrected chi connectivity index (χ2v) is 6.84. The SMILES string of the molecule is CCCCC(C#N)S(=O)(=O)N(CCCC#N)CCCC#N. The normalized spacial score (nSPS) is 12.3. The van der Waals surface area contributed by atoms with Gasteiger partial charge in [0.2, 0.25) is 10.0 Å². The van der Waals surface area contributed by atoms with Crippen LogP contribution in [0.3, 0.4) is 0 Å². The largest absolute Gasteiger partial charge is 0.230 e. The monoisotopic (exact) mass is 310 g/mol. The highest BCUT2D eigenvalue weighted by Crippen LogP contribution is 2.16. The fraction of sp³-hybridized carbons (Fsp3) is 0.786. The second kappa shape index (κ2) is 11.1. The molecule has 0 aromatic heterocycles. The fourth-order valence-electron chi connectivity index (χ4n) is 1.88. The number of nitrogens with zero attached hydrogens (tertiary/aromatic N) is 4. The molecule has 1 unspecified atom stereocenters. The van der Waals surface area contributed by atoms with Crippen molar-refractivity contribution >= 4 is 10.0 Å². The van der Waals surface area contributed by atoms with Crippen LogP contribution in [0.2, 0.25) is 0 Å². The highest BCUT2D eigenvalue weighted by Gasteiger charge is 2.31. The topological polar surface area (TPSA) is 109 Å². The maximum absolute atomic E-state index is 12.5. The molecular formula is C14H22N4O2S. The van der Waals surface area contributed by atoms with Gasteiger partial charge in [-0.05, 0) is 19.3 Å². The third-order valence-corrected chi connectivity index (χ3v) is 5.22. The van der Waals surface area contributed by atoms with Gasteiger partial charge in [0.25, 0.3) is 0 Å². The van der Waals surface area contributed by atoms with E-state index in [0.717, 1.165) is 6.42 Å². The third kappa shape index (κ3) is 7.09. The zero-order valence-corrected chi connectivity index (χ0v) is 13.3. The smallest absolute Gasteiger partial charge is 0.211 e. The summed E-state index contributed by atoms with van der Waals surface area (Å²) in [5, 5.41) is 25.2. The Morgan fingerprint density at radius 1 is 1.00 bits per heavy atom. The van der Waals surface area contributed by atoms with Crippen LogP contribution in [0.5, 0.6) is 0 Å². The molecule has 0 saturated carbocycles. The van der Waals surface area contributed by atoms with Crippen LogP contribution in [0, 0.1) is 34.0 Å². The van der Waals surface area contributed by atoms with Gasteiger partial charge in [0.1, 0.15) is 0 Å². The van der Waals surface area contributed by atoms with E-state index in [9.17, 15) is 8.42 Å². The van der Waals surface area contributed by atoms with Crippen LogP contribution in [-0.2, 0) is 10.0 Å². The van der Waals surface area contributed by atoms with Crippen molar-refractivity contribution < 1.29 is 8.42 Å². The molecule has 0 aromatic carbocycles. The summed E-state index contributed by atoms with van der Waals surface area (Å²) in [7, 11) is -3.69. The summed E-state index contributed by atoms with van der Waals surface area (Å²) < 4.78 is 26.3. The predicted octanol–water partition coefficient (Wildman–Crippen LogP) is 2.31. The van der Waals surface area contributed by atoms with E-state index in [0.29, 0.717) is 25.7 Å². The van der Waals surface area contributed by atoms with Crippen LogP contribution in [-0.4, -0.2) is 31.1 Å². The molecule has 0 aliphatic carbocycles. The van der Waals surface area contributed by atoms with Gasteiger partial charge >= 0.3 is 0 Å². The standard InChI is InChI=1S/C14H22N4O2S/c1-2-3-8-14(13-17)21(19,20)18(11-6-4-9-15)12-7-5-10-16/h14H,2-8,11-12H2,1H3. The Labute approximate surface area is 127 Å². The Hall–Kier alpha value is -1.62. The minimum Gasteiger partial charge on any atom is -0.211 e. The van der Waals surface area contributed by atoms with E-state index in [4.69, 9.17) is 15.8 Å². The Bertz CT molecular complexity index is 491. The van der Waals surface area contributed by atoms with Crippen molar-refractivity contribution in [2.24, 2.45) is 0 Å². The molecule has 0 aromatic rings. The minimum atomic E-state index is -3.69. The number of nitriles is 3. The van der Waals surface area contributed by atoms with Gasteiger partial charge in [0.05, 0.1) is 18.2 Å². The van der Waals surface area contributed by atoms with E-state index in [2.05, 4.69) is 0 Å². The Balaban J connectivity index is 4.93. The first-order valence-electron chi connectivity index (χ1n) is 7.17. The molecule has 7 heteroatoms. The summed E-state index contributed by atoms with van der Waals surface area (Å²) in [4.78, 5) is 0. The number of sulfonamides is 1. The van der Waals surface area contributed by atoms with E-state index < -0.39 is 15.3 Å². The fourth-order valence-corrected chi connectivity index (χ4v) is 3.61. The first kappa shape index (κ1) is 19.4. The summed E-state index contributed by atoms with van der Waals surface area (Å²) in [5.74, 6) is 0. The van der Waals surface area contributed by atoms with Gasteiger partial charge < -0.3 is 0 Å². The van der Waals surface area contributed by atoms with E-state index >= 15 is 0 Å². The van der Waals surface area contributed by atoms with Gasteiger partial charge in [-0.3, -0.25) is 0 Å². The summed E-state index contributed by atoms with van der Waals surface area (Å²) in [6.07, 6.45) is 3.26. The van der Waals surface area contributed by atoms with Crippen LogP contribution in [0.4, 0.5) is 0 Å². The van der Waals surface area contributed by atoms with Crippen LogP contribution >= 0.6 is 0 Å². The molecule has 6 nitrogen and oxygen atoms in total. The van der Waals surface area contributed by atoms with E-state index in [-0.39, 0.29) is 25.9 Å². The predicted molar refractivity (Wildman–Crippen MR) is 79.1 cm³/mol. The van der Waals surface area contributed by atoms with Gasteiger partial charge in [-0.2, -0.15) is 15.8 Å². The number of unbranched alkanes of at least 4 members (excludes halogenated alkanes) is 3. The molecule has 0 aliphatic rings. The zero-order chi connectivity index (χ0) is 16.1. The first-order chi connectivity index (χ1) is 10.0. The molecule has 0 fully saturated rings. The Kier molecular flexibility index (Phi) is 10.2. The van der Waals surface area contributed by atoms with Crippen LogP contribution < -0.4 is 0 Å². The van der Waals surface area contributed by atoms with Gasteiger partial charge in [-0.1, -0.05) is 19.8 Å². The lowest BCUT2D eigenvalue weighted by Crippen LogP contribution is -2.39. The molecule has 0 bridgehead atoms. The third-order valence-electron chi connectivity index (χ3n) is 3.08. The van der Waals surface area contributed by atoms with E-state index in [1.807, 2.05) is 25.1 Å². The van der Waals surface area contributed by atoms with Crippen molar-refractivity contribution in [1.29, 1.82) is 15.8 Å². The maximum atomic E-state index is 12.5. The molecule has 21 heavy (non-hydrogen) atoms. The lowest BCUT2D eigenvalue weighted by molar-refractivity contribution is 0.396. The van der Waals surface area contributed by atoms with Gasteiger partial charge in [0.15, 0.2) is 5.25 Å². The molecular weight excluding hydrogens is 288 g/mol. The molecule has 0 rings (SSSR count). The van der Waals surface area contributed by atoms with Crippen molar-refractivity contribution in [1.82, 2.24) is 4.31 Å². The summed E-state index contributed by atoms with van der Waals surface area (Å²) >= 11 is 0. The van der Waals surface area contributed by atoms with Crippen molar-refractivity contribution in [3.8, 4) is 18.2 Å². The average molecular weight is 310 g/mol. The highest BCUT2D eigenvalue weighted by atomic mass is 32.2. The highest BCUT2D eigenvalue weighted by molar-refractivity contribution is 7.90. The van der Waals surface area contributed by atoms with Crippen molar-refractivity contribution in [3.63, 3.8) is 0 Å². The van der Waals surface area contributed by atoms with Gasteiger partial charge in [-0.15, -0.1) is 0 Å². The van der Waals surface area contributed by atoms with Gasteiger partial charge in [0, 0.05) is 25.9 Å². The van der Waals surface area contributed by atoms with Gasteiger partial charge in [-0.25, -0.2) is 12.7 Å². The van der Waals surface area contributed by atoms with Crippen LogP contribution in [0.1, 0.15) is 51.9 Å². The lowest BCUT2D eigenvalue weighted by Gasteiger charge is -2.24. The van der Waals surface area contributed by atoms with E-state index in [1.165, 1.54) is 4.31 Å². The molecule has 0 saturated heterocycles. The van der Waals surface area contributed by atoms with Crippen LogP contribution in [0.15, 0.2) is 0 Å². The number of hydrogen-bond acceptors (Lipinski definition) is 5. The molecule has 1 atom stereocenters. The van der Waals surface area contributed by atoms with Crippen LogP contribution in [0.25, 0.3) is 0 Å². The number of hydrogen-bond donors (Lipinski definition) is 0. The first-order valence-corrected chi connectivity index (χ1v) is 8.67. The second-order valence-electron chi connectivity index (χ2n) is 4.73. The molecule has 0 radical (unpaired) electrons.